The first-order chi connectivity index (χ1) is 7.90. The Balaban J connectivity index is 1.71. The number of anilines is 1. The maximum atomic E-state index is 4.30. The minimum absolute atomic E-state index is 0.975. The maximum Gasteiger partial charge on any atom is 0.202 e. The molecule has 90 valence electrons. The van der Waals surface area contributed by atoms with Crippen molar-refractivity contribution in [1.82, 2.24) is 14.5 Å². The van der Waals surface area contributed by atoms with Crippen LogP contribution < -0.4 is 5.32 Å². The Morgan fingerprint density at radius 1 is 1.44 bits per heavy atom. The summed E-state index contributed by atoms with van der Waals surface area (Å²) >= 11 is 2.06. The fourth-order valence-electron chi connectivity index (χ4n) is 1.88. The molecule has 0 atom stereocenters. The average molecular weight is 240 g/mol. The molecule has 1 N–H and O–H groups in total. The van der Waals surface area contributed by atoms with Crippen LogP contribution in [0.3, 0.4) is 0 Å². The third-order valence-electron chi connectivity index (χ3n) is 2.87. The average Bonchev–Trinajstić information content (AvgIpc) is 2.78. The van der Waals surface area contributed by atoms with Gasteiger partial charge in [0.2, 0.25) is 5.95 Å². The molecule has 0 unspecified atom stereocenters. The van der Waals surface area contributed by atoms with E-state index in [0.717, 1.165) is 25.6 Å². The molecule has 1 aliphatic rings. The van der Waals surface area contributed by atoms with E-state index in [-0.39, 0.29) is 0 Å². The van der Waals surface area contributed by atoms with Crippen LogP contribution in [-0.2, 0) is 6.54 Å². The normalized spacial score (nSPS) is 17.6. The fourth-order valence-corrected chi connectivity index (χ4v) is 2.86. The predicted octanol–water partition coefficient (Wildman–Crippen LogP) is 1.36. The molecule has 16 heavy (non-hydrogen) atoms. The van der Waals surface area contributed by atoms with Crippen molar-refractivity contribution in [1.29, 1.82) is 0 Å². The van der Waals surface area contributed by atoms with Crippen molar-refractivity contribution in [2.75, 3.05) is 43.0 Å². The van der Waals surface area contributed by atoms with Gasteiger partial charge in [0.15, 0.2) is 0 Å². The summed E-state index contributed by atoms with van der Waals surface area (Å²) in [6, 6.07) is 0. The second kappa shape index (κ2) is 6.15. The van der Waals surface area contributed by atoms with Gasteiger partial charge in [-0.2, -0.15) is 11.8 Å². The summed E-state index contributed by atoms with van der Waals surface area (Å²) in [5, 5.41) is 3.39. The molecular formula is C11H20N4S. The number of thioether (sulfide) groups is 1. The number of imidazole rings is 1. The zero-order chi connectivity index (χ0) is 11.2. The SMILES string of the molecule is CCn1ccnc1NCCN1CCSCC1. The molecule has 0 aliphatic carbocycles. The number of aryl methyl sites for hydroxylation is 1. The van der Waals surface area contributed by atoms with Crippen LogP contribution in [0, 0.1) is 0 Å². The van der Waals surface area contributed by atoms with E-state index >= 15 is 0 Å². The van der Waals surface area contributed by atoms with E-state index in [1.165, 1.54) is 24.6 Å². The third-order valence-corrected chi connectivity index (χ3v) is 3.81. The number of hydrogen-bond donors (Lipinski definition) is 1. The van der Waals surface area contributed by atoms with Gasteiger partial charge in [0, 0.05) is 56.6 Å². The van der Waals surface area contributed by atoms with Gasteiger partial charge in [-0.05, 0) is 6.92 Å². The Labute approximate surface area is 101 Å². The lowest BCUT2D eigenvalue weighted by Gasteiger charge is -2.26. The Morgan fingerprint density at radius 2 is 2.25 bits per heavy atom. The summed E-state index contributed by atoms with van der Waals surface area (Å²) in [5.74, 6) is 3.56. The Hall–Kier alpha value is -0.680. The molecule has 2 heterocycles. The van der Waals surface area contributed by atoms with Gasteiger partial charge in [0.05, 0.1) is 0 Å². The van der Waals surface area contributed by atoms with Crippen molar-refractivity contribution >= 4 is 17.7 Å². The smallest absolute Gasteiger partial charge is 0.202 e. The molecule has 0 spiro atoms. The Morgan fingerprint density at radius 3 is 3.00 bits per heavy atom. The highest BCUT2D eigenvalue weighted by atomic mass is 32.2. The minimum Gasteiger partial charge on any atom is -0.354 e. The van der Waals surface area contributed by atoms with Crippen LogP contribution in [0.4, 0.5) is 5.95 Å². The molecule has 4 nitrogen and oxygen atoms in total. The molecule has 5 heteroatoms. The van der Waals surface area contributed by atoms with Gasteiger partial charge in [-0.15, -0.1) is 0 Å². The molecule has 0 bridgehead atoms. The zero-order valence-corrected chi connectivity index (χ0v) is 10.7. The van der Waals surface area contributed by atoms with E-state index in [1.807, 2.05) is 12.4 Å². The highest BCUT2D eigenvalue weighted by Gasteiger charge is 2.09. The zero-order valence-electron chi connectivity index (χ0n) is 9.85. The molecule has 1 aromatic rings. The summed E-state index contributed by atoms with van der Waals surface area (Å²) < 4.78 is 2.13. The van der Waals surface area contributed by atoms with Crippen molar-refractivity contribution in [3.8, 4) is 0 Å². The summed E-state index contributed by atoms with van der Waals surface area (Å²) in [7, 11) is 0. The molecule has 0 amide bonds. The van der Waals surface area contributed by atoms with Crippen molar-refractivity contribution in [3.63, 3.8) is 0 Å². The van der Waals surface area contributed by atoms with Crippen LogP contribution in [-0.4, -0.2) is 52.1 Å². The monoisotopic (exact) mass is 240 g/mol. The predicted molar refractivity (Wildman–Crippen MR) is 70.2 cm³/mol. The lowest BCUT2D eigenvalue weighted by molar-refractivity contribution is 0.314. The number of nitrogens with one attached hydrogen (secondary N) is 1. The van der Waals surface area contributed by atoms with Crippen LogP contribution in [0.5, 0.6) is 0 Å². The van der Waals surface area contributed by atoms with E-state index in [2.05, 4.69) is 38.5 Å². The molecule has 0 saturated carbocycles. The lowest BCUT2D eigenvalue weighted by Crippen LogP contribution is -2.36. The molecule has 0 radical (unpaired) electrons. The molecule has 0 aromatic carbocycles. The van der Waals surface area contributed by atoms with Crippen molar-refractivity contribution in [2.45, 2.75) is 13.5 Å². The molecular weight excluding hydrogens is 220 g/mol. The van der Waals surface area contributed by atoms with Gasteiger partial charge < -0.3 is 9.88 Å². The molecule has 1 saturated heterocycles. The quantitative estimate of drug-likeness (QED) is 0.842. The van der Waals surface area contributed by atoms with Gasteiger partial charge in [-0.25, -0.2) is 4.98 Å². The number of rotatable bonds is 5. The number of hydrogen-bond acceptors (Lipinski definition) is 4. The Kier molecular flexibility index (Phi) is 4.54. The highest BCUT2D eigenvalue weighted by molar-refractivity contribution is 7.99. The fraction of sp³-hybridized carbons (Fsp3) is 0.727. The van der Waals surface area contributed by atoms with Crippen LogP contribution in [0.25, 0.3) is 0 Å². The third kappa shape index (κ3) is 3.15. The van der Waals surface area contributed by atoms with Crippen LogP contribution in [0.1, 0.15) is 6.92 Å². The van der Waals surface area contributed by atoms with Gasteiger partial charge in [-0.1, -0.05) is 0 Å². The first-order valence-corrected chi connectivity index (χ1v) is 7.10. The van der Waals surface area contributed by atoms with E-state index in [1.54, 1.807) is 0 Å². The first-order valence-electron chi connectivity index (χ1n) is 5.95. The minimum atomic E-state index is 0.975. The van der Waals surface area contributed by atoms with Crippen molar-refractivity contribution in [3.05, 3.63) is 12.4 Å². The van der Waals surface area contributed by atoms with E-state index in [0.29, 0.717) is 0 Å². The number of nitrogens with zero attached hydrogens (tertiary/aromatic N) is 3. The van der Waals surface area contributed by atoms with Crippen LogP contribution >= 0.6 is 11.8 Å². The second-order valence-corrected chi connectivity index (χ2v) is 5.14. The van der Waals surface area contributed by atoms with Gasteiger partial charge in [0.1, 0.15) is 0 Å². The lowest BCUT2D eigenvalue weighted by atomic mass is 10.4. The standard InChI is InChI=1S/C11H20N4S/c1-2-15-6-4-13-11(15)12-3-5-14-7-9-16-10-8-14/h4,6H,2-3,5,7-10H2,1H3,(H,12,13). The van der Waals surface area contributed by atoms with Gasteiger partial charge in [0.25, 0.3) is 0 Å². The second-order valence-electron chi connectivity index (χ2n) is 3.92. The highest BCUT2D eigenvalue weighted by Crippen LogP contribution is 2.08. The van der Waals surface area contributed by atoms with Crippen LogP contribution in [0.2, 0.25) is 0 Å². The molecule has 1 aromatic heterocycles. The summed E-state index contributed by atoms with van der Waals surface area (Å²) in [5.41, 5.74) is 0. The largest absolute Gasteiger partial charge is 0.354 e. The van der Waals surface area contributed by atoms with Gasteiger partial charge >= 0.3 is 0 Å². The van der Waals surface area contributed by atoms with E-state index in [4.69, 9.17) is 0 Å². The van der Waals surface area contributed by atoms with Crippen LogP contribution in [0.15, 0.2) is 12.4 Å². The van der Waals surface area contributed by atoms with Gasteiger partial charge in [-0.3, -0.25) is 4.90 Å². The Bertz CT molecular complexity index is 307. The molecule has 2 rings (SSSR count). The first kappa shape index (κ1) is 11.8. The van der Waals surface area contributed by atoms with E-state index in [9.17, 15) is 0 Å². The maximum absolute atomic E-state index is 4.30. The van der Waals surface area contributed by atoms with Crippen molar-refractivity contribution < 1.29 is 0 Å². The molecule has 1 aliphatic heterocycles. The summed E-state index contributed by atoms with van der Waals surface area (Å²) in [6.07, 6.45) is 3.86. The molecule has 1 fully saturated rings. The summed E-state index contributed by atoms with van der Waals surface area (Å²) in [4.78, 5) is 6.82. The topological polar surface area (TPSA) is 33.1 Å². The van der Waals surface area contributed by atoms with Crippen molar-refractivity contribution in [2.24, 2.45) is 0 Å². The summed E-state index contributed by atoms with van der Waals surface area (Å²) in [6.45, 7) is 7.68. The van der Waals surface area contributed by atoms with E-state index < -0.39 is 0 Å². The number of aromatic nitrogens is 2.